The molecule has 1 saturated carbocycles. The summed E-state index contributed by atoms with van der Waals surface area (Å²) in [4.78, 5) is 7.14. The number of guanidine groups is 1. The van der Waals surface area contributed by atoms with Crippen LogP contribution in [0.3, 0.4) is 0 Å². The van der Waals surface area contributed by atoms with Gasteiger partial charge in [0.2, 0.25) is 0 Å². The lowest BCUT2D eigenvalue weighted by molar-refractivity contribution is 0.0767. The summed E-state index contributed by atoms with van der Waals surface area (Å²) >= 11 is 0. The number of fused-ring (bicyclic) bond motifs is 5. The zero-order chi connectivity index (χ0) is 19.1. The van der Waals surface area contributed by atoms with Crippen molar-refractivity contribution in [1.29, 1.82) is 0 Å². The summed E-state index contributed by atoms with van der Waals surface area (Å²) in [5.41, 5.74) is 1.58. The molecule has 1 N–H and O–H groups in total. The van der Waals surface area contributed by atoms with E-state index in [1.54, 1.807) is 7.11 Å². The number of methoxy groups -OCH3 is 1. The predicted molar refractivity (Wildman–Crippen MR) is 126 cm³/mol. The lowest BCUT2D eigenvalue weighted by atomic mass is 9.78. The zero-order valence-electron chi connectivity index (χ0n) is 17.6. The SMILES string of the molecule is CN=C(NCC1(c2cccc(OC)c2)CCCC1)N1CC2C3CCC(O3)C2C1.I. The van der Waals surface area contributed by atoms with Crippen molar-refractivity contribution in [1.82, 2.24) is 10.2 Å². The van der Waals surface area contributed by atoms with Crippen molar-refractivity contribution in [3.63, 3.8) is 0 Å². The maximum atomic E-state index is 6.14. The third-order valence-corrected chi connectivity index (χ3v) is 7.79. The number of benzene rings is 1. The van der Waals surface area contributed by atoms with Gasteiger partial charge in [0.1, 0.15) is 5.75 Å². The van der Waals surface area contributed by atoms with Crippen molar-refractivity contribution in [2.45, 2.75) is 56.1 Å². The van der Waals surface area contributed by atoms with Gasteiger partial charge in [-0.2, -0.15) is 0 Å². The summed E-state index contributed by atoms with van der Waals surface area (Å²) in [6.45, 7) is 3.14. The molecule has 5 rings (SSSR count). The Bertz CT molecular complexity index is 731. The second kappa shape index (κ2) is 8.61. The van der Waals surface area contributed by atoms with Crippen molar-refractivity contribution in [3.05, 3.63) is 29.8 Å². The van der Waals surface area contributed by atoms with E-state index in [-0.39, 0.29) is 29.4 Å². The standard InChI is InChI=1S/C23H33N3O2.HI/c1-24-22(26-13-18-19(14-26)21-9-8-20(18)28-21)25-15-23(10-3-4-11-23)16-6-5-7-17(12-16)27-2;/h5-7,12,18-21H,3-4,8-11,13-15H2,1-2H3,(H,24,25);1H. The van der Waals surface area contributed by atoms with Crippen LogP contribution in [-0.2, 0) is 10.2 Å². The summed E-state index contributed by atoms with van der Waals surface area (Å²) in [7, 11) is 3.68. The number of ether oxygens (including phenoxy) is 2. The second-order valence-electron chi connectivity index (χ2n) is 9.14. The van der Waals surface area contributed by atoms with Crippen LogP contribution in [-0.4, -0.2) is 56.9 Å². The normalized spacial score (nSPS) is 32.2. The Hall–Kier alpha value is -1.02. The van der Waals surface area contributed by atoms with Gasteiger partial charge in [-0.25, -0.2) is 0 Å². The summed E-state index contributed by atoms with van der Waals surface area (Å²) in [6.07, 6.45) is 8.56. The molecule has 0 amide bonds. The highest BCUT2D eigenvalue weighted by atomic mass is 127. The Balaban J connectivity index is 0.00000205. The highest BCUT2D eigenvalue weighted by Crippen LogP contribution is 2.47. The molecular formula is C23H34IN3O2. The summed E-state index contributed by atoms with van der Waals surface area (Å²) < 4.78 is 11.6. The zero-order valence-corrected chi connectivity index (χ0v) is 19.9. The van der Waals surface area contributed by atoms with Gasteiger partial charge in [0.15, 0.2) is 5.96 Å². The van der Waals surface area contributed by atoms with Crippen LogP contribution in [0.15, 0.2) is 29.3 Å². The van der Waals surface area contributed by atoms with Crippen LogP contribution in [0.1, 0.15) is 44.1 Å². The summed E-state index contributed by atoms with van der Waals surface area (Å²) in [5.74, 6) is 3.44. The van der Waals surface area contributed by atoms with Crippen LogP contribution in [0, 0.1) is 11.8 Å². The van der Waals surface area contributed by atoms with E-state index in [1.165, 1.54) is 44.1 Å². The topological polar surface area (TPSA) is 46.1 Å². The van der Waals surface area contributed by atoms with E-state index in [1.807, 2.05) is 13.1 Å². The number of likely N-dealkylation sites (tertiary alicyclic amines) is 1. The molecule has 4 atom stereocenters. The lowest BCUT2D eigenvalue weighted by Gasteiger charge is -2.33. The van der Waals surface area contributed by atoms with Crippen molar-refractivity contribution >= 4 is 29.9 Å². The van der Waals surface area contributed by atoms with Gasteiger partial charge in [-0.3, -0.25) is 4.99 Å². The number of nitrogens with zero attached hydrogens (tertiary/aromatic N) is 2. The molecule has 1 aromatic carbocycles. The maximum Gasteiger partial charge on any atom is 0.193 e. The number of hydrogen-bond acceptors (Lipinski definition) is 3. The molecule has 6 heteroatoms. The van der Waals surface area contributed by atoms with Gasteiger partial charge < -0.3 is 19.7 Å². The van der Waals surface area contributed by atoms with Crippen LogP contribution in [0.2, 0.25) is 0 Å². The Labute approximate surface area is 191 Å². The Morgan fingerprint density at radius 3 is 2.52 bits per heavy atom. The Kier molecular flexibility index (Phi) is 6.30. The first kappa shape index (κ1) is 21.2. The summed E-state index contributed by atoms with van der Waals surface area (Å²) in [5, 5.41) is 3.76. The van der Waals surface area contributed by atoms with E-state index in [2.05, 4.69) is 33.4 Å². The first-order chi connectivity index (χ1) is 13.7. The highest BCUT2D eigenvalue weighted by molar-refractivity contribution is 14.0. The highest BCUT2D eigenvalue weighted by Gasteiger charge is 2.53. The molecule has 1 aliphatic carbocycles. The quantitative estimate of drug-likeness (QED) is 0.380. The van der Waals surface area contributed by atoms with Gasteiger partial charge in [-0.15, -0.1) is 24.0 Å². The Morgan fingerprint density at radius 1 is 1.21 bits per heavy atom. The van der Waals surface area contributed by atoms with Gasteiger partial charge in [-0.1, -0.05) is 25.0 Å². The third-order valence-electron chi connectivity index (χ3n) is 7.79. The number of rotatable bonds is 4. The number of aliphatic imine (C=N–C) groups is 1. The molecule has 1 aromatic rings. The second-order valence-corrected chi connectivity index (χ2v) is 9.14. The lowest BCUT2D eigenvalue weighted by Crippen LogP contribution is -2.46. The van der Waals surface area contributed by atoms with Crippen molar-refractivity contribution in [3.8, 4) is 5.75 Å². The molecule has 2 bridgehead atoms. The Morgan fingerprint density at radius 2 is 1.90 bits per heavy atom. The molecule has 4 unspecified atom stereocenters. The average Bonchev–Trinajstić information content (AvgIpc) is 3.50. The van der Waals surface area contributed by atoms with E-state index >= 15 is 0 Å². The molecule has 0 spiro atoms. The average molecular weight is 511 g/mol. The van der Waals surface area contributed by atoms with E-state index in [0.29, 0.717) is 24.0 Å². The third kappa shape index (κ3) is 3.75. The number of halogens is 1. The fourth-order valence-electron chi connectivity index (χ4n) is 6.29. The first-order valence-corrected chi connectivity index (χ1v) is 11.0. The molecule has 5 nitrogen and oxygen atoms in total. The largest absolute Gasteiger partial charge is 0.497 e. The smallest absolute Gasteiger partial charge is 0.193 e. The van der Waals surface area contributed by atoms with Gasteiger partial charge >= 0.3 is 0 Å². The molecule has 3 aliphatic heterocycles. The van der Waals surface area contributed by atoms with E-state index < -0.39 is 0 Å². The molecule has 0 radical (unpaired) electrons. The molecule has 29 heavy (non-hydrogen) atoms. The molecule has 160 valence electrons. The molecule has 3 heterocycles. The molecule has 3 saturated heterocycles. The minimum Gasteiger partial charge on any atom is -0.497 e. The molecule has 0 aromatic heterocycles. The van der Waals surface area contributed by atoms with Gasteiger partial charge in [0.25, 0.3) is 0 Å². The fraction of sp³-hybridized carbons (Fsp3) is 0.696. The number of hydrogen-bond donors (Lipinski definition) is 1. The fourth-order valence-corrected chi connectivity index (χ4v) is 6.29. The van der Waals surface area contributed by atoms with Gasteiger partial charge in [0.05, 0.1) is 19.3 Å². The molecular weight excluding hydrogens is 477 g/mol. The van der Waals surface area contributed by atoms with Crippen molar-refractivity contribution in [2.24, 2.45) is 16.8 Å². The monoisotopic (exact) mass is 511 g/mol. The van der Waals surface area contributed by atoms with Crippen LogP contribution in [0.25, 0.3) is 0 Å². The molecule has 4 aliphatic rings. The van der Waals surface area contributed by atoms with E-state index in [4.69, 9.17) is 9.47 Å². The van der Waals surface area contributed by atoms with Gasteiger partial charge in [-0.05, 0) is 43.4 Å². The van der Waals surface area contributed by atoms with E-state index in [0.717, 1.165) is 31.3 Å². The van der Waals surface area contributed by atoms with Crippen LogP contribution < -0.4 is 10.1 Å². The maximum absolute atomic E-state index is 6.14. The van der Waals surface area contributed by atoms with E-state index in [9.17, 15) is 0 Å². The summed E-state index contributed by atoms with van der Waals surface area (Å²) in [6, 6.07) is 8.66. The van der Waals surface area contributed by atoms with Crippen molar-refractivity contribution in [2.75, 3.05) is 33.8 Å². The van der Waals surface area contributed by atoms with Crippen LogP contribution in [0.5, 0.6) is 5.75 Å². The first-order valence-electron chi connectivity index (χ1n) is 11.0. The molecule has 4 fully saturated rings. The van der Waals surface area contributed by atoms with Crippen LogP contribution in [0.4, 0.5) is 0 Å². The van der Waals surface area contributed by atoms with Crippen molar-refractivity contribution < 1.29 is 9.47 Å². The minimum absolute atomic E-state index is 0. The minimum atomic E-state index is 0. The predicted octanol–water partition coefficient (Wildman–Crippen LogP) is 3.81. The number of nitrogens with one attached hydrogen (secondary N) is 1. The van der Waals surface area contributed by atoms with Crippen LogP contribution >= 0.6 is 24.0 Å². The van der Waals surface area contributed by atoms with Gasteiger partial charge in [0, 0.05) is 43.9 Å².